The molecule has 0 amide bonds. The summed E-state index contributed by atoms with van der Waals surface area (Å²) < 4.78 is 35.2. The number of aliphatic hydroxyl groups is 3. The zero-order valence-corrected chi connectivity index (χ0v) is 18.7. The van der Waals surface area contributed by atoms with Gasteiger partial charge in [-0.3, -0.25) is 0 Å². The molecule has 2 aromatic rings. The van der Waals surface area contributed by atoms with Crippen molar-refractivity contribution >= 4 is 0 Å². The third-order valence-electron chi connectivity index (χ3n) is 6.21. The van der Waals surface area contributed by atoms with Crippen molar-refractivity contribution in [1.82, 2.24) is 0 Å². The van der Waals surface area contributed by atoms with E-state index in [1.807, 2.05) is 38.1 Å². The molecule has 172 valence electrons. The van der Waals surface area contributed by atoms with Crippen LogP contribution in [0.15, 0.2) is 48.5 Å². The van der Waals surface area contributed by atoms with Crippen molar-refractivity contribution in [3.8, 4) is 5.75 Å². The third-order valence-corrected chi connectivity index (χ3v) is 6.21. The fraction of sp³-hybridized carbons (Fsp3) is 0.520. The first-order valence-electron chi connectivity index (χ1n) is 10.7. The van der Waals surface area contributed by atoms with E-state index in [1.165, 1.54) is 0 Å². The molecule has 31 heavy (non-hydrogen) atoms. The molecule has 2 aromatic carbocycles. The van der Waals surface area contributed by atoms with Gasteiger partial charge in [-0.15, -0.1) is 0 Å². The van der Waals surface area contributed by atoms with Crippen LogP contribution in [0.2, 0.25) is 0 Å². The summed E-state index contributed by atoms with van der Waals surface area (Å²) >= 11 is 0. The van der Waals surface area contributed by atoms with Gasteiger partial charge >= 0.3 is 0 Å². The summed E-state index contributed by atoms with van der Waals surface area (Å²) in [6.45, 7) is 7.30. The maximum Gasteiger partial charge on any atom is 0.276 e. The molecule has 6 heteroatoms. The average Bonchev–Trinajstić information content (AvgIpc) is 2.76. The fourth-order valence-electron chi connectivity index (χ4n) is 3.57. The second-order valence-corrected chi connectivity index (χ2v) is 8.76. The van der Waals surface area contributed by atoms with Crippen LogP contribution >= 0.6 is 0 Å². The molecular weight excluding hydrogens is 402 g/mol. The number of aliphatic hydroxyl groups excluding tert-OH is 1. The summed E-state index contributed by atoms with van der Waals surface area (Å²) in [4.78, 5) is 0. The fourth-order valence-corrected chi connectivity index (χ4v) is 3.57. The van der Waals surface area contributed by atoms with Crippen LogP contribution in [0.1, 0.15) is 76.4 Å². The lowest BCUT2D eigenvalue weighted by atomic mass is 9.77. The van der Waals surface area contributed by atoms with Gasteiger partial charge in [0, 0.05) is 12.0 Å². The van der Waals surface area contributed by atoms with Gasteiger partial charge in [0.1, 0.15) is 18.0 Å². The van der Waals surface area contributed by atoms with E-state index in [0.717, 1.165) is 11.1 Å². The van der Waals surface area contributed by atoms with Crippen LogP contribution in [-0.2, 0) is 12.0 Å². The Morgan fingerprint density at radius 2 is 1.55 bits per heavy atom. The minimum absolute atomic E-state index is 0.0124. The third kappa shape index (κ3) is 6.25. The molecule has 4 nitrogen and oxygen atoms in total. The number of ether oxygens (including phenoxy) is 1. The second kappa shape index (κ2) is 10.1. The highest BCUT2D eigenvalue weighted by molar-refractivity contribution is 5.33. The molecular formula is C25H34F2O4. The number of halogens is 2. The van der Waals surface area contributed by atoms with E-state index in [2.05, 4.69) is 0 Å². The minimum Gasteiger partial charge on any atom is -0.489 e. The Kier molecular flexibility index (Phi) is 8.20. The number of benzene rings is 2. The van der Waals surface area contributed by atoms with Crippen molar-refractivity contribution < 1.29 is 28.8 Å². The standard InChI is InChI=1S/C25H34F2O4/c1-5-24(30,6-2)25(26,27)15-14-23(3,4)20-8-7-9-21(16-20)31-17-18-10-12-19(13-11-18)22(28)29/h7-13,16,22,28-30H,5-6,14-15,17H2,1-4H3. The van der Waals surface area contributed by atoms with E-state index < -0.39 is 29.6 Å². The Morgan fingerprint density at radius 3 is 2.10 bits per heavy atom. The molecule has 2 rings (SSSR count). The van der Waals surface area contributed by atoms with Crippen LogP contribution in [-0.4, -0.2) is 26.8 Å². The smallest absolute Gasteiger partial charge is 0.276 e. The van der Waals surface area contributed by atoms with E-state index in [9.17, 15) is 13.9 Å². The number of hydrogen-bond acceptors (Lipinski definition) is 4. The van der Waals surface area contributed by atoms with Gasteiger partial charge in [0.25, 0.3) is 5.92 Å². The molecule has 0 radical (unpaired) electrons. The summed E-state index contributed by atoms with van der Waals surface area (Å²) in [5, 5.41) is 28.6. The lowest BCUT2D eigenvalue weighted by Crippen LogP contribution is -2.47. The van der Waals surface area contributed by atoms with Gasteiger partial charge in [0.05, 0.1) is 0 Å². The Labute approximate surface area is 183 Å². The Balaban J connectivity index is 2.05. The van der Waals surface area contributed by atoms with Gasteiger partial charge < -0.3 is 20.1 Å². The van der Waals surface area contributed by atoms with Crippen LogP contribution in [0.3, 0.4) is 0 Å². The highest BCUT2D eigenvalue weighted by Crippen LogP contribution is 2.41. The number of alkyl halides is 2. The Bertz CT molecular complexity index is 828. The maximum absolute atomic E-state index is 14.7. The molecule has 3 N–H and O–H groups in total. The monoisotopic (exact) mass is 436 g/mol. The van der Waals surface area contributed by atoms with Crippen LogP contribution in [0, 0.1) is 0 Å². The van der Waals surface area contributed by atoms with E-state index in [-0.39, 0.29) is 19.3 Å². The van der Waals surface area contributed by atoms with Gasteiger partial charge in [-0.2, -0.15) is 0 Å². The van der Waals surface area contributed by atoms with Crippen molar-refractivity contribution in [1.29, 1.82) is 0 Å². The first-order valence-corrected chi connectivity index (χ1v) is 10.7. The predicted octanol–water partition coefficient (Wildman–Crippen LogP) is 5.49. The molecule has 0 atom stereocenters. The van der Waals surface area contributed by atoms with Crippen LogP contribution < -0.4 is 4.74 Å². The molecule has 0 heterocycles. The summed E-state index contributed by atoms with van der Waals surface area (Å²) in [6.07, 6.45) is -1.66. The van der Waals surface area contributed by atoms with Crippen molar-refractivity contribution in [2.75, 3.05) is 0 Å². The molecule has 0 aliphatic rings. The van der Waals surface area contributed by atoms with Crippen molar-refractivity contribution in [2.45, 2.75) is 83.2 Å². The summed E-state index contributed by atoms with van der Waals surface area (Å²) in [7, 11) is 0. The predicted molar refractivity (Wildman–Crippen MR) is 117 cm³/mol. The summed E-state index contributed by atoms with van der Waals surface area (Å²) in [5.74, 6) is -2.53. The summed E-state index contributed by atoms with van der Waals surface area (Å²) in [6, 6.07) is 14.2. The van der Waals surface area contributed by atoms with Crippen LogP contribution in [0.5, 0.6) is 5.75 Å². The molecule has 0 unspecified atom stereocenters. The van der Waals surface area contributed by atoms with E-state index >= 15 is 0 Å². The Hall–Kier alpha value is -2.02. The highest BCUT2D eigenvalue weighted by Gasteiger charge is 2.50. The van der Waals surface area contributed by atoms with Crippen LogP contribution in [0.25, 0.3) is 0 Å². The van der Waals surface area contributed by atoms with Gasteiger partial charge in [-0.05, 0) is 47.9 Å². The number of hydrogen-bond donors (Lipinski definition) is 3. The molecule has 0 fully saturated rings. The topological polar surface area (TPSA) is 69.9 Å². The van der Waals surface area contributed by atoms with Crippen molar-refractivity contribution in [3.05, 3.63) is 65.2 Å². The lowest BCUT2D eigenvalue weighted by Gasteiger charge is -2.36. The zero-order chi connectivity index (χ0) is 23.3. The molecule has 0 bridgehead atoms. The molecule has 0 aliphatic carbocycles. The van der Waals surface area contributed by atoms with Gasteiger partial charge in [0.15, 0.2) is 6.29 Å². The van der Waals surface area contributed by atoms with E-state index in [1.54, 1.807) is 38.1 Å². The highest BCUT2D eigenvalue weighted by atomic mass is 19.3. The normalized spacial score (nSPS) is 13.0. The molecule has 0 spiro atoms. The van der Waals surface area contributed by atoms with Gasteiger partial charge in [-0.25, -0.2) is 8.78 Å². The molecule has 0 saturated carbocycles. The SMILES string of the molecule is CCC(O)(CC)C(F)(F)CCC(C)(C)c1cccc(OCc2ccc(C(O)O)cc2)c1. The van der Waals surface area contributed by atoms with Gasteiger partial charge in [-0.1, -0.05) is 64.1 Å². The zero-order valence-electron chi connectivity index (χ0n) is 18.7. The average molecular weight is 437 g/mol. The lowest BCUT2D eigenvalue weighted by molar-refractivity contribution is -0.189. The van der Waals surface area contributed by atoms with E-state index in [4.69, 9.17) is 14.9 Å². The molecule has 0 aromatic heterocycles. The minimum atomic E-state index is -3.16. The van der Waals surface area contributed by atoms with Crippen LogP contribution in [0.4, 0.5) is 8.78 Å². The van der Waals surface area contributed by atoms with E-state index in [0.29, 0.717) is 17.9 Å². The Morgan fingerprint density at radius 1 is 0.935 bits per heavy atom. The second-order valence-electron chi connectivity index (χ2n) is 8.76. The molecule has 0 aliphatic heterocycles. The summed E-state index contributed by atoms with van der Waals surface area (Å²) in [5.41, 5.74) is -0.342. The largest absolute Gasteiger partial charge is 0.489 e. The maximum atomic E-state index is 14.7. The first kappa shape index (κ1) is 25.2. The quantitative estimate of drug-likeness (QED) is 0.407. The molecule has 0 saturated heterocycles. The van der Waals surface area contributed by atoms with Gasteiger partial charge in [0.2, 0.25) is 0 Å². The first-order chi connectivity index (χ1) is 14.4. The van der Waals surface area contributed by atoms with Crippen molar-refractivity contribution in [3.63, 3.8) is 0 Å². The number of rotatable bonds is 11. The van der Waals surface area contributed by atoms with Crippen molar-refractivity contribution in [2.24, 2.45) is 0 Å².